The fourth-order valence-corrected chi connectivity index (χ4v) is 2.49. The van der Waals surface area contributed by atoms with Crippen LogP contribution in [0.2, 0.25) is 0 Å². The Bertz CT molecular complexity index is 976. The number of aliphatic hydroxyl groups is 1. The molecule has 122 valence electrons. The Morgan fingerprint density at radius 3 is 2.48 bits per heavy atom. The summed E-state index contributed by atoms with van der Waals surface area (Å²) in [6.45, 7) is 2.07. The Morgan fingerprint density at radius 1 is 1.08 bits per heavy atom. The Morgan fingerprint density at radius 2 is 1.80 bits per heavy atom. The predicted molar refractivity (Wildman–Crippen MR) is 91.0 cm³/mol. The van der Waals surface area contributed by atoms with Gasteiger partial charge in [0, 0.05) is 5.56 Å². The lowest BCUT2D eigenvalue weighted by Crippen LogP contribution is -2.11. The van der Waals surface area contributed by atoms with Gasteiger partial charge in [-0.25, -0.2) is 9.67 Å². The molecule has 1 heterocycles. The highest BCUT2D eigenvalue weighted by molar-refractivity contribution is 5.57. The van der Waals surface area contributed by atoms with Crippen molar-refractivity contribution in [2.45, 2.75) is 19.6 Å². The summed E-state index contributed by atoms with van der Waals surface area (Å²) < 4.78 is 1.64. The maximum atomic E-state index is 10.4. The van der Waals surface area contributed by atoms with Crippen molar-refractivity contribution < 1.29 is 5.11 Å². The fraction of sp³-hybridized carbons (Fsp3) is 0.158. The van der Waals surface area contributed by atoms with E-state index in [0.717, 1.165) is 5.56 Å². The van der Waals surface area contributed by atoms with Crippen molar-refractivity contribution in [1.82, 2.24) is 14.8 Å². The van der Waals surface area contributed by atoms with Gasteiger partial charge in [-0.05, 0) is 36.8 Å². The lowest BCUT2D eigenvalue weighted by Gasteiger charge is -2.11. The van der Waals surface area contributed by atoms with Crippen LogP contribution in [0.1, 0.15) is 28.6 Å². The first-order chi connectivity index (χ1) is 12.1. The van der Waals surface area contributed by atoms with Gasteiger partial charge in [-0.1, -0.05) is 24.3 Å². The molecule has 1 unspecified atom stereocenters. The molecule has 6 nitrogen and oxygen atoms in total. The molecular weight excluding hydrogens is 314 g/mol. The number of hydrogen-bond acceptors (Lipinski definition) is 5. The van der Waals surface area contributed by atoms with E-state index >= 15 is 0 Å². The second-order valence-corrected chi connectivity index (χ2v) is 5.61. The first kappa shape index (κ1) is 16.4. The van der Waals surface area contributed by atoms with E-state index in [9.17, 15) is 5.11 Å². The molecular formula is C19H15N5O. The van der Waals surface area contributed by atoms with E-state index in [2.05, 4.69) is 22.2 Å². The summed E-state index contributed by atoms with van der Waals surface area (Å²) in [7, 11) is 0. The van der Waals surface area contributed by atoms with Crippen LogP contribution in [-0.4, -0.2) is 19.9 Å². The lowest BCUT2D eigenvalue weighted by molar-refractivity contribution is 0.150. The van der Waals surface area contributed by atoms with Gasteiger partial charge < -0.3 is 5.11 Å². The Balaban J connectivity index is 1.82. The van der Waals surface area contributed by atoms with Gasteiger partial charge in [-0.15, -0.1) is 0 Å². The minimum absolute atomic E-state index is 0.253. The average Bonchev–Trinajstić information content (AvgIpc) is 3.02. The van der Waals surface area contributed by atoms with Crippen molar-refractivity contribution in [2.24, 2.45) is 0 Å². The largest absolute Gasteiger partial charge is 0.386 e. The molecule has 2 aromatic carbocycles. The molecule has 3 rings (SSSR count). The quantitative estimate of drug-likeness (QED) is 0.793. The smallest absolute Gasteiger partial charge is 0.181 e. The maximum absolute atomic E-state index is 10.4. The van der Waals surface area contributed by atoms with E-state index < -0.39 is 6.10 Å². The van der Waals surface area contributed by atoms with Gasteiger partial charge in [-0.2, -0.15) is 15.6 Å². The van der Waals surface area contributed by atoms with E-state index in [0.29, 0.717) is 28.3 Å². The molecule has 0 bridgehead atoms. The third-order valence-electron chi connectivity index (χ3n) is 3.88. The summed E-state index contributed by atoms with van der Waals surface area (Å²) in [6.07, 6.45) is -0.758. The molecule has 0 aliphatic rings. The van der Waals surface area contributed by atoms with Crippen LogP contribution in [0, 0.1) is 29.6 Å². The zero-order valence-corrected chi connectivity index (χ0v) is 13.6. The van der Waals surface area contributed by atoms with Crippen LogP contribution in [0.25, 0.3) is 11.4 Å². The second kappa shape index (κ2) is 6.96. The minimum Gasteiger partial charge on any atom is -0.386 e. The number of aryl methyl sites for hydroxylation is 1. The van der Waals surface area contributed by atoms with Crippen LogP contribution in [0.3, 0.4) is 0 Å². The van der Waals surface area contributed by atoms with Crippen LogP contribution >= 0.6 is 0 Å². The van der Waals surface area contributed by atoms with Crippen molar-refractivity contribution in [3.05, 3.63) is 71.0 Å². The van der Waals surface area contributed by atoms with Gasteiger partial charge in [0.2, 0.25) is 0 Å². The number of aliphatic hydroxyl groups excluding tert-OH is 1. The molecule has 0 spiro atoms. The van der Waals surface area contributed by atoms with Crippen molar-refractivity contribution in [3.63, 3.8) is 0 Å². The molecule has 0 aliphatic heterocycles. The summed E-state index contributed by atoms with van der Waals surface area (Å²) in [4.78, 5) is 4.42. The molecule has 25 heavy (non-hydrogen) atoms. The molecule has 0 aliphatic carbocycles. The molecule has 6 heteroatoms. The molecule has 3 aromatic rings. The number of nitrogens with zero attached hydrogens (tertiary/aromatic N) is 5. The first-order valence-corrected chi connectivity index (χ1v) is 7.71. The average molecular weight is 329 g/mol. The van der Waals surface area contributed by atoms with Crippen LogP contribution in [0.15, 0.2) is 48.5 Å². The SMILES string of the molecule is Cc1nc(-c2cccc(C#N)c2)nn1CC(O)c1ccc(C#N)cc1. The summed E-state index contributed by atoms with van der Waals surface area (Å²) in [6, 6.07) is 18.0. The molecule has 0 saturated heterocycles. The first-order valence-electron chi connectivity index (χ1n) is 7.71. The lowest BCUT2D eigenvalue weighted by atomic mass is 10.1. The fourth-order valence-electron chi connectivity index (χ4n) is 2.49. The summed E-state index contributed by atoms with van der Waals surface area (Å²) in [5.74, 6) is 1.19. The molecule has 1 N–H and O–H groups in total. The van der Waals surface area contributed by atoms with Gasteiger partial charge in [0.25, 0.3) is 0 Å². The molecule has 1 atom stereocenters. The number of hydrogen-bond donors (Lipinski definition) is 1. The van der Waals surface area contributed by atoms with E-state index in [1.54, 1.807) is 47.1 Å². The topological polar surface area (TPSA) is 98.5 Å². The van der Waals surface area contributed by atoms with Gasteiger partial charge in [-0.3, -0.25) is 0 Å². The van der Waals surface area contributed by atoms with Crippen molar-refractivity contribution in [3.8, 4) is 23.5 Å². The van der Waals surface area contributed by atoms with Crippen molar-refractivity contribution >= 4 is 0 Å². The second-order valence-electron chi connectivity index (χ2n) is 5.61. The van der Waals surface area contributed by atoms with Crippen LogP contribution < -0.4 is 0 Å². The summed E-state index contributed by atoms with van der Waals surface area (Å²) in [5.41, 5.74) is 2.56. The summed E-state index contributed by atoms with van der Waals surface area (Å²) in [5, 5.41) is 32.7. The van der Waals surface area contributed by atoms with E-state index in [1.807, 2.05) is 13.0 Å². The highest BCUT2D eigenvalue weighted by atomic mass is 16.3. The van der Waals surface area contributed by atoms with E-state index in [-0.39, 0.29) is 6.54 Å². The molecule has 0 fully saturated rings. The Kier molecular flexibility index (Phi) is 4.56. The molecule has 1 aromatic heterocycles. The Hall–Kier alpha value is -3.48. The Labute approximate surface area is 145 Å². The maximum Gasteiger partial charge on any atom is 0.181 e. The van der Waals surface area contributed by atoms with Crippen LogP contribution in [0.4, 0.5) is 0 Å². The van der Waals surface area contributed by atoms with E-state index in [4.69, 9.17) is 10.5 Å². The molecule has 0 saturated carbocycles. The van der Waals surface area contributed by atoms with Gasteiger partial charge in [0.05, 0.1) is 35.9 Å². The van der Waals surface area contributed by atoms with Gasteiger partial charge in [0.1, 0.15) is 5.82 Å². The van der Waals surface area contributed by atoms with Gasteiger partial charge in [0.15, 0.2) is 5.82 Å². The van der Waals surface area contributed by atoms with Crippen LogP contribution in [0.5, 0.6) is 0 Å². The molecule has 0 amide bonds. The number of rotatable bonds is 4. The third-order valence-corrected chi connectivity index (χ3v) is 3.88. The summed E-state index contributed by atoms with van der Waals surface area (Å²) >= 11 is 0. The highest BCUT2D eigenvalue weighted by Crippen LogP contribution is 2.20. The van der Waals surface area contributed by atoms with E-state index in [1.165, 1.54) is 0 Å². The zero-order valence-electron chi connectivity index (χ0n) is 13.6. The van der Waals surface area contributed by atoms with Crippen molar-refractivity contribution in [2.75, 3.05) is 0 Å². The standard InChI is InChI=1S/C19H15N5O/c1-13-22-19(17-4-2-3-15(9-17)11-21)23-24(13)12-18(25)16-7-5-14(10-20)6-8-16/h2-9,18,25H,12H2,1H3. The normalized spacial score (nSPS) is 11.5. The predicted octanol–water partition coefficient (Wildman–Crippen LogP) is 2.73. The monoisotopic (exact) mass is 329 g/mol. The highest BCUT2D eigenvalue weighted by Gasteiger charge is 2.14. The minimum atomic E-state index is -0.758. The number of nitriles is 2. The third kappa shape index (κ3) is 3.55. The number of aromatic nitrogens is 3. The zero-order chi connectivity index (χ0) is 17.8. The number of benzene rings is 2. The van der Waals surface area contributed by atoms with Crippen molar-refractivity contribution in [1.29, 1.82) is 10.5 Å². The van der Waals surface area contributed by atoms with Gasteiger partial charge >= 0.3 is 0 Å². The van der Waals surface area contributed by atoms with Crippen LogP contribution in [-0.2, 0) is 6.54 Å². The molecule has 0 radical (unpaired) electrons.